The fourth-order valence-corrected chi connectivity index (χ4v) is 2.15. The van der Waals surface area contributed by atoms with Crippen LogP contribution >= 0.6 is 0 Å². The van der Waals surface area contributed by atoms with Crippen LogP contribution in [0.1, 0.15) is 18.4 Å². The smallest absolute Gasteiger partial charge is 0.228 e. The summed E-state index contributed by atoms with van der Waals surface area (Å²) in [5.74, 6) is 0.0997. The third kappa shape index (κ3) is 3.12. The van der Waals surface area contributed by atoms with E-state index in [1.54, 1.807) is 11.9 Å². The summed E-state index contributed by atoms with van der Waals surface area (Å²) in [6.45, 7) is 0.836. The predicted molar refractivity (Wildman–Crippen MR) is 75.3 cm³/mol. The van der Waals surface area contributed by atoms with E-state index in [1.165, 1.54) is 0 Å². The molecule has 1 aliphatic rings. The largest absolute Gasteiger partial charge is 0.326 e. The van der Waals surface area contributed by atoms with Crippen LogP contribution in [0.15, 0.2) is 18.2 Å². The summed E-state index contributed by atoms with van der Waals surface area (Å²) < 4.78 is 0. The minimum atomic E-state index is 0.00940. The van der Waals surface area contributed by atoms with Gasteiger partial charge in [0.25, 0.3) is 0 Å². The molecule has 1 aliphatic heterocycles. The lowest BCUT2D eigenvalue weighted by atomic mass is 10.1. The zero-order valence-electron chi connectivity index (χ0n) is 11.3. The van der Waals surface area contributed by atoms with Crippen molar-refractivity contribution in [2.75, 3.05) is 30.9 Å². The molecule has 0 spiro atoms. The summed E-state index contributed by atoms with van der Waals surface area (Å²) in [7, 11) is 3.65. The van der Waals surface area contributed by atoms with Crippen molar-refractivity contribution in [3.05, 3.63) is 23.8 Å². The second kappa shape index (κ2) is 5.84. The highest BCUT2D eigenvalue weighted by molar-refractivity contribution is 6.00. The Bertz CT molecular complexity index is 499. The standard InChI is InChI=1S/C14H19N3O2/c1-15-7-3-4-14(19)17(2)11-5-6-12-10(8-11)9-13(18)16-12/h5-6,8,15H,3-4,7,9H2,1-2H3,(H,16,18). The quantitative estimate of drug-likeness (QED) is 0.781. The monoisotopic (exact) mass is 261 g/mol. The highest BCUT2D eigenvalue weighted by Gasteiger charge is 2.19. The van der Waals surface area contributed by atoms with Crippen LogP contribution in [0.4, 0.5) is 11.4 Å². The Morgan fingerprint density at radius 2 is 2.26 bits per heavy atom. The first-order valence-electron chi connectivity index (χ1n) is 6.45. The lowest BCUT2D eigenvalue weighted by Gasteiger charge is -2.18. The van der Waals surface area contributed by atoms with Crippen molar-refractivity contribution in [2.45, 2.75) is 19.3 Å². The molecular weight excluding hydrogens is 242 g/mol. The van der Waals surface area contributed by atoms with Gasteiger partial charge >= 0.3 is 0 Å². The van der Waals surface area contributed by atoms with E-state index in [0.717, 1.165) is 29.9 Å². The van der Waals surface area contributed by atoms with Gasteiger partial charge in [-0.1, -0.05) is 0 Å². The summed E-state index contributed by atoms with van der Waals surface area (Å²) in [6, 6.07) is 5.62. The second-order valence-corrected chi connectivity index (χ2v) is 4.73. The maximum atomic E-state index is 12.0. The molecule has 0 aromatic heterocycles. The number of nitrogens with one attached hydrogen (secondary N) is 2. The van der Waals surface area contributed by atoms with Gasteiger partial charge in [-0.2, -0.15) is 0 Å². The number of hydrogen-bond acceptors (Lipinski definition) is 3. The molecule has 1 aromatic carbocycles. The molecule has 2 N–H and O–H groups in total. The number of carbonyl (C=O) groups is 2. The minimum absolute atomic E-state index is 0.00940. The van der Waals surface area contributed by atoms with E-state index < -0.39 is 0 Å². The van der Waals surface area contributed by atoms with Crippen molar-refractivity contribution in [1.29, 1.82) is 0 Å². The average Bonchev–Trinajstić information content (AvgIpc) is 2.77. The van der Waals surface area contributed by atoms with E-state index >= 15 is 0 Å². The molecule has 5 nitrogen and oxygen atoms in total. The third-order valence-electron chi connectivity index (χ3n) is 3.29. The summed E-state index contributed by atoms with van der Waals surface area (Å²) in [6.07, 6.45) is 1.74. The summed E-state index contributed by atoms with van der Waals surface area (Å²) in [5, 5.41) is 5.81. The van der Waals surface area contributed by atoms with Gasteiger partial charge in [-0.05, 0) is 43.8 Å². The van der Waals surface area contributed by atoms with E-state index in [-0.39, 0.29) is 11.8 Å². The van der Waals surface area contributed by atoms with Gasteiger partial charge in [-0.3, -0.25) is 9.59 Å². The number of rotatable bonds is 5. The van der Waals surface area contributed by atoms with Crippen LogP contribution < -0.4 is 15.5 Å². The van der Waals surface area contributed by atoms with Crippen LogP contribution in [0.5, 0.6) is 0 Å². The van der Waals surface area contributed by atoms with Crippen molar-refractivity contribution in [1.82, 2.24) is 5.32 Å². The van der Waals surface area contributed by atoms with Gasteiger partial charge in [-0.15, -0.1) is 0 Å². The van der Waals surface area contributed by atoms with E-state index in [2.05, 4.69) is 10.6 Å². The molecule has 19 heavy (non-hydrogen) atoms. The van der Waals surface area contributed by atoms with Gasteiger partial charge < -0.3 is 15.5 Å². The van der Waals surface area contributed by atoms with Crippen LogP contribution in [0, 0.1) is 0 Å². The number of fused-ring (bicyclic) bond motifs is 1. The molecule has 1 aromatic rings. The summed E-state index contributed by atoms with van der Waals surface area (Å²) in [4.78, 5) is 24.9. The molecule has 1 heterocycles. The van der Waals surface area contributed by atoms with Gasteiger partial charge in [0.2, 0.25) is 11.8 Å². The van der Waals surface area contributed by atoms with Crippen molar-refractivity contribution in [2.24, 2.45) is 0 Å². The molecule has 0 atom stereocenters. The minimum Gasteiger partial charge on any atom is -0.326 e. The normalized spacial score (nSPS) is 13.1. The predicted octanol–water partition coefficient (Wildman–Crippen LogP) is 1.14. The number of carbonyl (C=O) groups excluding carboxylic acids is 2. The van der Waals surface area contributed by atoms with Gasteiger partial charge in [0.15, 0.2) is 0 Å². The number of benzene rings is 1. The highest BCUT2D eigenvalue weighted by atomic mass is 16.2. The van der Waals surface area contributed by atoms with Gasteiger partial charge in [-0.25, -0.2) is 0 Å². The molecule has 102 valence electrons. The van der Waals surface area contributed by atoms with Crippen molar-refractivity contribution in [3.63, 3.8) is 0 Å². The van der Waals surface area contributed by atoms with Crippen molar-refractivity contribution >= 4 is 23.2 Å². The number of amides is 2. The Kier molecular flexibility index (Phi) is 4.16. The van der Waals surface area contributed by atoms with Gasteiger partial charge in [0.1, 0.15) is 0 Å². The fraction of sp³-hybridized carbons (Fsp3) is 0.429. The molecule has 0 saturated carbocycles. The molecule has 2 rings (SSSR count). The lowest BCUT2D eigenvalue weighted by Crippen LogP contribution is -2.26. The van der Waals surface area contributed by atoms with E-state index in [9.17, 15) is 9.59 Å². The Labute approximate surface area is 113 Å². The molecule has 0 saturated heterocycles. The molecule has 0 aliphatic carbocycles. The second-order valence-electron chi connectivity index (χ2n) is 4.73. The number of anilines is 2. The lowest BCUT2D eigenvalue weighted by molar-refractivity contribution is -0.118. The zero-order chi connectivity index (χ0) is 13.8. The SMILES string of the molecule is CNCCCC(=O)N(C)c1ccc2c(c1)CC(=O)N2. The van der Waals surface area contributed by atoms with E-state index in [0.29, 0.717) is 12.8 Å². The van der Waals surface area contributed by atoms with Crippen LogP contribution in [-0.4, -0.2) is 32.5 Å². The molecule has 0 fully saturated rings. The Morgan fingerprint density at radius 3 is 3.00 bits per heavy atom. The molecule has 0 bridgehead atoms. The van der Waals surface area contributed by atoms with Crippen molar-refractivity contribution < 1.29 is 9.59 Å². The zero-order valence-corrected chi connectivity index (χ0v) is 11.3. The van der Waals surface area contributed by atoms with Gasteiger partial charge in [0.05, 0.1) is 6.42 Å². The third-order valence-corrected chi connectivity index (χ3v) is 3.29. The van der Waals surface area contributed by atoms with E-state index in [1.807, 2.05) is 25.2 Å². The molecular formula is C14H19N3O2. The number of nitrogens with zero attached hydrogens (tertiary/aromatic N) is 1. The Balaban J connectivity index is 2.04. The van der Waals surface area contributed by atoms with Crippen LogP contribution in [-0.2, 0) is 16.0 Å². The molecule has 0 unspecified atom stereocenters. The molecule has 0 radical (unpaired) electrons. The highest BCUT2D eigenvalue weighted by Crippen LogP contribution is 2.27. The maximum Gasteiger partial charge on any atom is 0.228 e. The maximum absolute atomic E-state index is 12.0. The topological polar surface area (TPSA) is 61.4 Å². The fourth-order valence-electron chi connectivity index (χ4n) is 2.15. The Morgan fingerprint density at radius 1 is 1.47 bits per heavy atom. The summed E-state index contributed by atoms with van der Waals surface area (Å²) in [5.41, 5.74) is 2.65. The molecule has 5 heteroatoms. The van der Waals surface area contributed by atoms with Crippen LogP contribution in [0.2, 0.25) is 0 Å². The molecule has 2 amide bonds. The first-order chi connectivity index (χ1) is 9.11. The van der Waals surface area contributed by atoms with Crippen LogP contribution in [0.3, 0.4) is 0 Å². The first-order valence-corrected chi connectivity index (χ1v) is 6.45. The van der Waals surface area contributed by atoms with Crippen molar-refractivity contribution in [3.8, 4) is 0 Å². The van der Waals surface area contributed by atoms with E-state index in [4.69, 9.17) is 0 Å². The first kappa shape index (κ1) is 13.5. The average molecular weight is 261 g/mol. The summed E-state index contributed by atoms with van der Waals surface area (Å²) >= 11 is 0. The Hall–Kier alpha value is -1.88. The van der Waals surface area contributed by atoms with Crippen LogP contribution in [0.25, 0.3) is 0 Å². The van der Waals surface area contributed by atoms with Gasteiger partial charge in [0, 0.05) is 24.8 Å². The number of hydrogen-bond donors (Lipinski definition) is 2.